The van der Waals surface area contributed by atoms with E-state index in [1.165, 1.54) is 7.11 Å². The number of benzene rings is 1. The number of nitrogen functional groups attached to an aromatic ring is 1. The minimum Gasteiger partial charge on any atom is -0.465 e. The van der Waals surface area contributed by atoms with E-state index in [1.807, 2.05) is 17.4 Å². The van der Waals surface area contributed by atoms with Gasteiger partial charge in [0.05, 0.1) is 25.8 Å². The highest BCUT2D eigenvalue weighted by Gasteiger charge is 2.15. The number of aromatic nitrogens is 2. The zero-order chi connectivity index (χ0) is 19.9. The number of hydrogen-bond donors (Lipinski definition) is 3. The fourth-order valence-corrected chi connectivity index (χ4v) is 2.50. The number of rotatable bonds is 8. The Kier molecular flexibility index (Phi) is 6.02. The summed E-state index contributed by atoms with van der Waals surface area (Å²) in [4.78, 5) is 23.3. The van der Waals surface area contributed by atoms with E-state index in [4.69, 9.17) is 10.2 Å². The average molecular weight is 386 g/mol. The fraction of sp³-hybridized carbons (Fsp3) is 0.222. The Morgan fingerprint density at radius 1 is 1.18 bits per heavy atom. The van der Waals surface area contributed by atoms with Crippen molar-refractivity contribution in [3.8, 4) is 11.3 Å². The highest BCUT2D eigenvalue weighted by molar-refractivity contribution is 5.95. The number of anilines is 1. The molecule has 0 aliphatic heterocycles. The maximum Gasteiger partial charge on any atom is 0.337 e. The maximum atomic E-state index is 11.8. The zero-order valence-corrected chi connectivity index (χ0v) is 15.2. The number of furan rings is 1. The van der Waals surface area contributed by atoms with Crippen LogP contribution in [0.1, 0.15) is 26.6 Å². The van der Waals surface area contributed by atoms with Gasteiger partial charge in [0.15, 0.2) is 5.76 Å². The van der Waals surface area contributed by atoms with E-state index < -0.39 is 5.91 Å². The van der Waals surface area contributed by atoms with Crippen molar-refractivity contribution in [3.63, 3.8) is 0 Å². The summed E-state index contributed by atoms with van der Waals surface area (Å²) in [5, 5.41) is 11.5. The van der Waals surface area contributed by atoms with Crippen LogP contribution in [-0.4, -0.2) is 42.4 Å². The minimum atomic E-state index is -0.428. The number of ether oxygens (including phenoxy) is 1. The number of amides is 1. The molecule has 10 nitrogen and oxygen atoms in total. The van der Waals surface area contributed by atoms with Crippen LogP contribution in [-0.2, 0) is 11.3 Å². The minimum absolute atomic E-state index is 0.0195. The van der Waals surface area contributed by atoms with Gasteiger partial charge >= 0.3 is 5.97 Å². The first-order valence-electron chi connectivity index (χ1n) is 8.54. The van der Waals surface area contributed by atoms with E-state index in [-0.39, 0.29) is 17.5 Å². The Hall–Kier alpha value is -3.66. The van der Waals surface area contributed by atoms with E-state index in [9.17, 15) is 9.59 Å². The lowest BCUT2D eigenvalue weighted by molar-refractivity contribution is -0.670. The molecular weight excluding hydrogens is 366 g/mol. The normalized spacial score (nSPS) is 10.6. The molecule has 3 rings (SSSR count). The van der Waals surface area contributed by atoms with Gasteiger partial charge in [0.2, 0.25) is 11.5 Å². The van der Waals surface area contributed by atoms with Gasteiger partial charge in [-0.05, 0) is 34.6 Å². The average Bonchev–Trinajstić information content (AvgIpc) is 3.36. The van der Waals surface area contributed by atoms with Gasteiger partial charge in [-0.1, -0.05) is 12.1 Å². The van der Waals surface area contributed by atoms with Gasteiger partial charge in [0.1, 0.15) is 12.3 Å². The lowest BCUT2D eigenvalue weighted by Gasteiger charge is -2.02. The van der Waals surface area contributed by atoms with Gasteiger partial charge in [0, 0.05) is 5.56 Å². The van der Waals surface area contributed by atoms with Crippen molar-refractivity contribution in [2.75, 3.05) is 25.9 Å². The molecule has 28 heavy (non-hydrogen) atoms. The van der Waals surface area contributed by atoms with Crippen molar-refractivity contribution in [1.29, 1.82) is 0 Å². The van der Waals surface area contributed by atoms with Crippen LogP contribution in [0.3, 0.4) is 0 Å². The molecule has 0 radical (unpaired) electrons. The second kappa shape index (κ2) is 8.82. The van der Waals surface area contributed by atoms with Crippen molar-refractivity contribution < 1.29 is 28.7 Å². The number of carbonyl (C=O) groups excluding carboxylic acids is 2. The summed E-state index contributed by atoms with van der Waals surface area (Å²) >= 11 is 0. The topological polar surface area (TPSA) is 150 Å². The first-order valence-corrected chi connectivity index (χ1v) is 8.54. The first-order chi connectivity index (χ1) is 13.6. The molecule has 0 spiro atoms. The maximum absolute atomic E-state index is 11.8. The summed E-state index contributed by atoms with van der Waals surface area (Å²) in [5.74, 6) is 0.661. The third-order valence-corrected chi connectivity index (χ3v) is 3.96. The largest absolute Gasteiger partial charge is 0.465 e. The first kappa shape index (κ1) is 19.1. The molecule has 146 valence electrons. The summed E-state index contributed by atoms with van der Waals surface area (Å²) < 4.78 is 14.9. The smallest absolute Gasteiger partial charge is 0.337 e. The van der Waals surface area contributed by atoms with Gasteiger partial charge in [-0.3, -0.25) is 4.79 Å². The second-order valence-corrected chi connectivity index (χ2v) is 5.87. The van der Waals surface area contributed by atoms with E-state index in [1.54, 1.807) is 24.3 Å². The number of nitrogens with zero attached hydrogens (tertiary/aromatic N) is 2. The highest BCUT2D eigenvalue weighted by atomic mass is 16.6. The number of hydrogen-bond acceptors (Lipinski definition) is 8. The molecule has 0 atom stereocenters. The molecule has 5 N–H and O–H groups in total. The number of methoxy groups -OCH3 is 1. The van der Waals surface area contributed by atoms with Gasteiger partial charge in [-0.2, -0.15) is 0 Å². The van der Waals surface area contributed by atoms with Crippen molar-refractivity contribution in [2.24, 2.45) is 0 Å². The third kappa shape index (κ3) is 4.54. The Bertz CT molecular complexity index is 947. The highest BCUT2D eigenvalue weighted by Crippen LogP contribution is 2.22. The van der Waals surface area contributed by atoms with Gasteiger partial charge in [-0.15, -0.1) is 0 Å². The molecule has 0 fully saturated rings. The lowest BCUT2D eigenvalue weighted by Crippen LogP contribution is -2.84. The number of quaternary nitrogens is 1. The third-order valence-electron chi connectivity index (χ3n) is 3.96. The molecule has 0 bridgehead atoms. The molecule has 2 heterocycles. The van der Waals surface area contributed by atoms with Gasteiger partial charge < -0.3 is 25.5 Å². The summed E-state index contributed by atoms with van der Waals surface area (Å²) in [6.45, 7) is 1.68. The Balaban J connectivity index is 1.44. The van der Waals surface area contributed by atoms with Crippen LogP contribution in [0.15, 0.2) is 45.4 Å². The van der Waals surface area contributed by atoms with Crippen LogP contribution in [0.2, 0.25) is 0 Å². The van der Waals surface area contributed by atoms with E-state index in [0.717, 1.165) is 11.3 Å². The zero-order valence-electron chi connectivity index (χ0n) is 15.2. The van der Waals surface area contributed by atoms with Gasteiger partial charge in [-0.25, -0.2) is 9.42 Å². The molecule has 2 aromatic heterocycles. The predicted octanol–water partition coefficient (Wildman–Crippen LogP) is 0.192. The lowest BCUT2D eigenvalue weighted by atomic mass is 10.1. The molecule has 1 aromatic carbocycles. The van der Waals surface area contributed by atoms with Crippen LogP contribution < -0.4 is 16.4 Å². The summed E-state index contributed by atoms with van der Waals surface area (Å²) in [5.41, 5.74) is 6.79. The quantitative estimate of drug-likeness (QED) is 0.367. The molecule has 0 saturated carbocycles. The van der Waals surface area contributed by atoms with Gasteiger partial charge in [0.25, 0.3) is 5.91 Å². The Labute approximate surface area is 160 Å². The summed E-state index contributed by atoms with van der Waals surface area (Å²) in [6.07, 6.45) is 0. The van der Waals surface area contributed by atoms with Crippen LogP contribution in [0.25, 0.3) is 11.3 Å². The number of nitrogens with two attached hydrogens (primary N) is 2. The Morgan fingerprint density at radius 3 is 2.64 bits per heavy atom. The van der Waals surface area contributed by atoms with Crippen LogP contribution in [0.5, 0.6) is 0 Å². The van der Waals surface area contributed by atoms with Crippen molar-refractivity contribution in [2.45, 2.75) is 6.54 Å². The molecule has 10 heteroatoms. The number of esters is 1. The summed E-state index contributed by atoms with van der Waals surface area (Å²) in [6, 6.07) is 10.8. The van der Waals surface area contributed by atoms with Crippen LogP contribution in [0.4, 0.5) is 5.82 Å². The van der Waals surface area contributed by atoms with Crippen LogP contribution in [0, 0.1) is 0 Å². The summed E-state index contributed by atoms with van der Waals surface area (Å²) in [7, 11) is 1.35. The SMILES string of the molecule is COC(=O)c1ccc(-c2ccc(C[NH2+]CCNC(=O)c3nonc3N)o2)cc1. The molecule has 0 aliphatic carbocycles. The van der Waals surface area contributed by atoms with Crippen LogP contribution >= 0.6 is 0 Å². The molecular formula is C18H20N5O5+. The molecule has 0 aliphatic rings. The standard InChI is InChI=1S/C18H19N5O5/c1-26-18(25)12-4-2-11(3-5-12)14-7-6-13(27-14)10-20-8-9-21-17(24)15-16(19)23-28-22-15/h2-7,20H,8-10H2,1H3,(H2,19,23)(H,21,24)/p+1. The van der Waals surface area contributed by atoms with Crippen molar-refractivity contribution >= 4 is 17.7 Å². The molecule has 0 saturated heterocycles. The molecule has 0 unspecified atom stereocenters. The van der Waals surface area contributed by atoms with E-state index in [0.29, 0.717) is 31.0 Å². The van der Waals surface area contributed by atoms with Crippen molar-refractivity contribution in [1.82, 2.24) is 15.6 Å². The fourth-order valence-electron chi connectivity index (χ4n) is 2.50. The molecule has 1 amide bonds. The number of carbonyl (C=O) groups is 2. The Morgan fingerprint density at radius 2 is 1.96 bits per heavy atom. The number of nitrogens with one attached hydrogen (secondary N) is 1. The second-order valence-electron chi connectivity index (χ2n) is 5.87. The van der Waals surface area contributed by atoms with Crippen molar-refractivity contribution in [3.05, 3.63) is 53.4 Å². The van der Waals surface area contributed by atoms with E-state index in [2.05, 4.69) is 25.0 Å². The molecule has 3 aromatic rings. The predicted molar refractivity (Wildman–Crippen MR) is 97.0 cm³/mol. The monoisotopic (exact) mass is 386 g/mol. The van der Waals surface area contributed by atoms with E-state index >= 15 is 0 Å².